The van der Waals surface area contributed by atoms with Gasteiger partial charge in [0.15, 0.2) is 0 Å². The van der Waals surface area contributed by atoms with Gasteiger partial charge in [0, 0.05) is 5.02 Å². The summed E-state index contributed by atoms with van der Waals surface area (Å²) in [5.74, 6) is 0.890. The molecule has 0 bridgehead atoms. The molecular formula is C20H23ClO2. The minimum Gasteiger partial charge on any atom is -0.491 e. The fraction of sp³-hybridized carbons (Fsp3) is 0.400. The average Bonchev–Trinajstić information content (AvgIpc) is 3.39. The van der Waals surface area contributed by atoms with E-state index >= 15 is 0 Å². The monoisotopic (exact) mass is 330 g/mol. The molecule has 0 aliphatic heterocycles. The first-order valence-corrected chi connectivity index (χ1v) is 8.73. The summed E-state index contributed by atoms with van der Waals surface area (Å²) in [6.07, 6.45) is 4.77. The van der Waals surface area contributed by atoms with Crippen LogP contribution in [0, 0.1) is 0 Å². The molecule has 0 aromatic heterocycles. The van der Waals surface area contributed by atoms with Crippen LogP contribution in [0.1, 0.15) is 36.5 Å². The fourth-order valence-corrected chi connectivity index (χ4v) is 2.70. The maximum absolute atomic E-state index is 6.31. The Labute approximate surface area is 143 Å². The number of benzene rings is 2. The van der Waals surface area contributed by atoms with Crippen molar-refractivity contribution in [1.82, 2.24) is 0 Å². The highest BCUT2D eigenvalue weighted by Gasteiger charge is 2.21. The van der Waals surface area contributed by atoms with Gasteiger partial charge in [-0.2, -0.15) is 0 Å². The standard InChI is InChI=1S/C20H23ClO2/c1-2-15-5-10-20(21)17(13-15)14-16-3-6-18(7-4-16)22-11-12-23-19-8-9-19/h3-7,10,13,19H,2,8-9,11-12,14H2,1H3. The Morgan fingerprint density at radius 3 is 2.43 bits per heavy atom. The first kappa shape index (κ1) is 16.4. The summed E-state index contributed by atoms with van der Waals surface area (Å²) in [7, 11) is 0. The normalized spacial score (nSPS) is 14.0. The van der Waals surface area contributed by atoms with E-state index in [1.165, 1.54) is 29.5 Å². The van der Waals surface area contributed by atoms with E-state index < -0.39 is 0 Å². The molecule has 3 heteroatoms. The highest BCUT2D eigenvalue weighted by atomic mass is 35.5. The van der Waals surface area contributed by atoms with Crippen LogP contribution >= 0.6 is 11.6 Å². The lowest BCUT2D eigenvalue weighted by atomic mass is 10.0. The van der Waals surface area contributed by atoms with E-state index in [0.717, 1.165) is 23.6 Å². The van der Waals surface area contributed by atoms with Gasteiger partial charge < -0.3 is 9.47 Å². The van der Waals surface area contributed by atoms with Crippen molar-refractivity contribution in [2.75, 3.05) is 13.2 Å². The number of rotatable bonds is 8. The van der Waals surface area contributed by atoms with Crippen LogP contribution in [0.2, 0.25) is 5.02 Å². The molecule has 1 aliphatic rings. The fourth-order valence-electron chi connectivity index (χ4n) is 2.52. The zero-order chi connectivity index (χ0) is 16.1. The van der Waals surface area contributed by atoms with E-state index in [2.05, 4.69) is 31.2 Å². The first-order chi connectivity index (χ1) is 11.2. The van der Waals surface area contributed by atoms with E-state index in [-0.39, 0.29) is 0 Å². The van der Waals surface area contributed by atoms with Gasteiger partial charge in [-0.3, -0.25) is 0 Å². The van der Waals surface area contributed by atoms with Crippen molar-refractivity contribution in [2.45, 2.75) is 38.7 Å². The molecule has 0 N–H and O–H groups in total. The lowest BCUT2D eigenvalue weighted by molar-refractivity contribution is 0.0881. The lowest BCUT2D eigenvalue weighted by Gasteiger charge is -2.09. The summed E-state index contributed by atoms with van der Waals surface area (Å²) in [4.78, 5) is 0. The van der Waals surface area contributed by atoms with Gasteiger partial charge in [-0.15, -0.1) is 0 Å². The van der Waals surface area contributed by atoms with Crippen molar-refractivity contribution in [3.05, 3.63) is 64.2 Å². The molecule has 2 nitrogen and oxygen atoms in total. The lowest BCUT2D eigenvalue weighted by Crippen LogP contribution is -2.07. The molecule has 0 amide bonds. The number of aryl methyl sites for hydroxylation is 1. The van der Waals surface area contributed by atoms with Crippen LogP contribution < -0.4 is 4.74 Å². The van der Waals surface area contributed by atoms with Gasteiger partial charge in [0.05, 0.1) is 12.7 Å². The number of halogens is 1. The molecular weight excluding hydrogens is 308 g/mol. The summed E-state index contributed by atoms with van der Waals surface area (Å²) in [5, 5.41) is 0.833. The SMILES string of the molecule is CCc1ccc(Cl)c(Cc2ccc(OCCOC3CC3)cc2)c1. The van der Waals surface area contributed by atoms with E-state index in [9.17, 15) is 0 Å². The van der Waals surface area contributed by atoms with Crippen LogP contribution in [0.3, 0.4) is 0 Å². The highest BCUT2D eigenvalue weighted by Crippen LogP contribution is 2.24. The zero-order valence-electron chi connectivity index (χ0n) is 13.6. The molecule has 1 fully saturated rings. The minimum absolute atomic E-state index is 0.490. The van der Waals surface area contributed by atoms with E-state index in [0.29, 0.717) is 19.3 Å². The first-order valence-electron chi connectivity index (χ1n) is 8.35. The molecule has 0 atom stereocenters. The van der Waals surface area contributed by atoms with Crippen molar-refractivity contribution in [1.29, 1.82) is 0 Å². The number of ether oxygens (including phenoxy) is 2. The number of hydrogen-bond donors (Lipinski definition) is 0. The Kier molecular flexibility index (Phi) is 5.58. The molecule has 2 aromatic carbocycles. The van der Waals surface area contributed by atoms with Crippen LogP contribution in [0.25, 0.3) is 0 Å². The maximum Gasteiger partial charge on any atom is 0.119 e. The van der Waals surface area contributed by atoms with E-state index in [1.807, 2.05) is 18.2 Å². The molecule has 1 saturated carbocycles. The second kappa shape index (κ2) is 7.85. The summed E-state index contributed by atoms with van der Waals surface area (Å²) < 4.78 is 11.3. The Balaban J connectivity index is 1.54. The van der Waals surface area contributed by atoms with E-state index in [4.69, 9.17) is 21.1 Å². The van der Waals surface area contributed by atoms with Gasteiger partial charge >= 0.3 is 0 Å². The Hall–Kier alpha value is -1.51. The van der Waals surface area contributed by atoms with Crippen molar-refractivity contribution in [3.8, 4) is 5.75 Å². The molecule has 0 unspecified atom stereocenters. The quantitative estimate of drug-likeness (QED) is 0.630. The molecule has 1 aliphatic carbocycles. The molecule has 122 valence electrons. The molecule has 0 saturated heterocycles. The molecule has 23 heavy (non-hydrogen) atoms. The topological polar surface area (TPSA) is 18.5 Å². The van der Waals surface area contributed by atoms with Crippen molar-refractivity contribution >= 4 is 11.6 Å². The minimum atomic E-state index is 0.490. The third kappa shape index (κ3) is 4.98. The summed E-state index contributed by atoms with van der Waals surface area (Å²) in [6, 6.07) is 14.5. The van der Waals surface area contributed by atoms with Crippen molar-refractivity contribution in [3.63, 3.8) is 0 Å². The molecule has 2 aromatic rings. The third-order valence-corrected chi connectivity index (χ3v) is 4.44. The van der Waals surface area contributed by atoms with Crippen molar-refractivity contribution in [2.24, 2.45) is 0 Å². The van der Waals surface area contributed by atoms with Gasteiger partial charge in [0.1, 0.15) is 12.4 Å². The zero-order valence-corrected chi connectivity index (χ0v) is 14.3. The van der Waals surface area contributed by atoms with Crippen LogP contribution in [0.5, 0.6) is 5.75 Å². The largest absolute Gasteiger partial charge is 0.491 e. The van der Waals surface area contributed by atoms with Gasteiger partial charge in [0.25, 0.3) is 0 Å². The summed E-state index contributed by atoms with van der Waals surface area (Å²) in [6.45, 7) is 3.44. The molecule has 0 heterocycles. The van der Waals surface area contributed by atoms with Gasteiger partial charge in [-0.05, 0) is 60.6 Å². The maximum atomic E-state index is 6.31. The summed E-state index contributed by atoms with van der Waals surface area (Å²) in [5.41, 5.74) is 3.74. The Morgan fingerprint density at radius 2 is 1.74 bits per heavy atom. The summed E-state index contributed by atoms with van der Waals surface area (Å²) >= 11 is 6.31. The second-order valence-corrected chi connectivity index (χ2v) is 6.43. The van der Waals surface area contributed by atoms with Crippen LogP contribution in [0.4, 0.5) is 0 Å². The van der Waals surface area contributed by atoms with Gasteiger partial charge in [-0.25, -0.2) is 0 Å². The molecule has 0 radical (unpaired) electrons. The Morgan fingerprint density at radius 1 is 1.00 bits per heavy atom. The van der Waals surface area contributed by atoms with Crippen LogP contribution in [-0.4, -0.2) is 19.3 Å². The van der Waals surface area contributed by atoms with E-state index in [1.54, 1.807) is 0 Å². The van der Waals surface area contributed by atoms with Gasteiger partial charge in [0.2, 0.25) is 0 Å². The Bertz CT molecular complexity index is 633. The third-order valence-electron chi connectivity index (χ3n) is 4.07. The molecule has 0 spiro atoms. The highest BCUT2D eigenvalue weighted by molar-refractivity contribution is 6.31. The predicted molar refractivity (Wildman–Crippen MR) is 94.5 cm³/mol. The average molecular weight is 331 g/mol. The van der Waals surface area contributed by atoms with Crippen LogP contribution in [-0.2, 0) is 17.6 Å². The number of hydrogen-bond acceptors (Lipinski definition) is 2. The smallest absolute Gasteiger partial charge is 0.119 e. The van der Waals surface area contributed by atoms with Crippen molar-refractivity contribution < 1.29 is 9.47 Å². The molecule has 3 rings (SSSR count). The van der Waals surface area contributed by atoms with Crippen LogP contribution in [0.15, 0.2) is 42.5 Å². The predicted octanol–water partition coefficient (Wildman–Crippen LogP) is 5.05. The second-order valence-electron chi connectivity index (χ2n) is 6.02. The van der Waals surface area contributed by atoms with Gasteiger partial charge in [-0.1, -0.05) is 42.8 Å².